The summed E-state index contributed by atoms with van der Waals surface area (Å²) >= 11 is 7.82. The smallest absolute Gasteiger partial charge is 0.253 e. The number of rotatable bonds is 6. The molecule has 0 saturated carbocycles. The van der Waals surface area contributed by atoms with Crippen LogP contribution in [0.4, 0.5) is 15.9 Å². The highest BCUT2D eigenvalue weighted by molar-refractivity contribution is 7.98. The van der Waals surface area contributed by atoms with Crippen LogP contribution in [0.1, 0.15) is 22.8 Å². The van der Waals surface area contributed by atoms with Gasteiger partial charge in [-0.05, 0) is 29.8 Å². The number of thioether (sulfide) groups is 1. The van der Waals surface area contributed by atoms with E-state index in [1.807, 2.05) is 35.2 Å². The summed E-state index contributed by atoms with van der Waals surface area (Å²) < 4.78 is 14.2. The lowest BCUT2D eigenvalue weighted by Crippen LogP contribution is -2.50. The van der Waals surface area contributed by atoms with Crippen molar-refractivity contribution in [2.24, 2.45) is 0 Å². The molecule has 0 radical (unpaired) electrons. The van der Waals surface area contributed by atoms with Crippen LogP contribution in [0.5, 0.6) is 0 Å². The molecule has 3 aromatic rings. The van der Waals surface area contributed by atoms with Crippen LogP contribution in [0.2, 0.25) is 5.15 Å². The number of carbonyl (C=O) groups is 2. The number of nitrogens with zero attached hydrogens (tertiary/aromatic N) is 6. The highest BCUT2D eigenvalue weighted by Gasteiger charge is 2.24. The Balaban J connectivity index is 1.19. The molecule has 2 fully saturated rings. The molecule has 0 atom stereocenters. The molecule has 2 amide bonds. The zero-order chi connectivity index (χ0) is 27.4. The number of anilines is 2. The van der Waals surface area contributed by atoms with Crippen LogP contribution in [0, 0.1) is 5.82 Å². The number of hydrogen-bond donors (Lipinski definition) is 0. The first kappa shape index (κ1) is 27.2. The molecule has 0 N–H and O–H groups in total. The zero-order valence-corrected chi connectivity index (χ0v) is 23.3. The molecule has 1 aromatic heterocycles. The summed E-state index contributed by atoms with van der Waals surface area (Å²) in [5.41, 5.74) is 2.23. The van der Waals surface area contributed by atoms with Crippen molar-refractivity contribution in [3.8, 4) is 0 Å². The van der Waals surface area contributed by atoms with E-state index in [0.717, 1.165) is 11.4 Å². The Morgan fingerprint density at radius 2 is 1.56 bits per heavy atom. The summed E-state index contributed by atoms with van der Waals surface area (Å²) in [5, 5.41) is 0.929. The quantitative estimate of drug-likeness (QED) is 0.251. The Hall–Kier alpha value is -3.37. The van der Waals surface area contributed by atoms with Crippen LogP contribution in [0.25, 0.3) is 0 Å². The first-order valence-electron chi connectivity index (χ1n) is 12.9. The molecule has 0 spiro atoms. The second-order valence-electron chi connectivity index (χ2n) is 9.54. The number of halogens is 2. The Labute approximate surface area is 236 Å². The van der Waals surface area contributed by atoms with Gasteiger partial charge >= 0.3 is 0 Å². The van der Waals surface area contributed by atoms with Gasteiger partial charge in [0.25, 0.3) is 5.91 Å². The number of benzene rings is 2. The van der Waals surface area contributed by atoms with E-state index in [1.165, 1.54) is 17.8 Å². The van der Waals surface area contributed by atoms with Crippen LogP contribution in [0.15, 0.2) is 59.8 Å². The van der Waals surface area contributed by atoms with E-state index >= 15 is 0 Å². The van der Waals surface area contributed by atoms with Gasteiger partial charge < -0.3 is 19.6 Å². The van der Waals surface area contributed by atoms with Gasteiger partial charge in [0.2, 0.25) is 5.91 Å². The third-order valence-electron chi connectivity index (χ3n) is 7.01. The van der Waals surface area contributed by atoms with Crippen molar-refractivity contribution in [2.45, 2.75) is 17.8 Å². The van der Waals surface area contributed by atoms with E-state index in [9.17, 15) is 14.0 Å². The summed E-state index contributed by atoms with van der Waals surface area (Å²) in [6.45, 7) is 6.47. The molecule has 8 nitrogen and oxygen atoms in total. The largest absolute Gasteiger partial charge is 0.366 e. The summed E-state index contributed by atoms with van der Waals surface area (Å²) in [4.78, 5) is 41.5. The van der Waals surface area contributed by atoms with E-state index in [0.29, 0.717) is 79.7 Å². The van der Waals surface area contributed by atoms with Crippen LogP contribution in [-0.4, -0.2) is 83.9 Å². The predicted molar refractivity (Wildman–Crippen MR) is 152 cm³/mol. The Morgan fingerprint density at radius 3 is 2.28 bits per heavy atom. The molecule has 0 unspecified atom stereocenters. The minimum atomic E-state index is -0.212. The minimum absolute atomic E-state index is 0.0270. The summed E-state index contributed by atoms with van der Waals surface area (Å²) in [6, 6.07) is 16.2. The summed E-state index contributed by atoms with van der Waals surface area (Å²) in [7, 11) is 0. The molecule has 5 rings (SSSR count). The molecule has 0 aliphatic carbocycles. The first-order chi connectivity index (χ1) is 18.9. The fraction of sp³-hybridized carbons (Fsp3) is 0.357. The second kappa shape index (κ2) is 12.2. The van der Waals surface area contributed by atoms with Crippen LogP contribution < -0.4 is 9.80 Å². The molecular weight excluding hydrogens is 539 g/mol. The maximum atomic E-state index is 14.2. The van der Waals surface area contributed by atoms with Crippen molar-refractivity contribution in [1.29, 1.82) is 0 Å². The average molecular weight is 569 g/mol. The van der Waals surface area contributed by atoms with Gasteiger partial charge in [-0.3, -0.25) is 9.59 Å². The Kier molecular flexibility index (Phi) is 8.52. The van der Waals surface area contributed by atoms with E-state index in [4.69, 9.17) is 16.6 Å². The molecule has 204 valence electrons. The number of carbonyl (C=O) groups excluding carboxylic acids is 2. The monoisotopic (exact) mass is 568 g/mol. The van der Waals surface area contributed by atoms with Crippen LogP contribution in [-0.2, 0) is 10.5 Å². The topological polar surface area (TPSA) is 72.9 Å². The van der Waals surface area contributed by atoms with E-state index < -0.39 is 0 Å². The van der Waals surface area contributed by atoms with Gasteiger partial charge in [-0.2, -0.15) is 0 Å². The Morgan fingerprint density at radius 1 is 0.872 bits per heavy atom. The zero-order valence-electron chi connectivity index (χ0n) is 21.7. The molecule has 39 heavy (non-hydrogen) atoms. The van der Waals surface area contributed by atoms with E-state index in [1.54, 1.807) is 34.9 Å². The lowest BCUT2D eigenvalue weighted by molar-refractivity contribution is -0.130. The third kappa shape index (κ3) is 6.62. The standard InChI is InChI=1S/C28H30ClFN6O2S/c1-20(37)33-9-15-36(16-10-33)27(38)22-6-4-5-21(17-22)19-39-28-31-25(29)18-26(32-28)35-13-11-34(12-14-35)24-8-3-2-7-23(24)30/h2-8,17-18H,9-16,19H2,1H3. The lowest BCUT2D eigenvalue weighted by Gasteiger charge is -2.36. The SMILES string of the molecule is CC(=O)N1CCN(C(=O)c2cccc(CSc3nc(Cl)cc(N4CCN(c5ccccc5F)CC4)n3)c2)CC1. The fourth-order valence-electron chi connectivity index (χ4n) is 4.85. The minimum Gasteiger partial charge on any atom is -0.366 e. The molecular formula is C28H30ClFN6O2S. The normalized spacial score (nSPS) is 16.0. The molecule has 2 aliphatic rings. The molecule has 0 bridgehead atoms. The van der Waals surface area contributed by atoms with Crippen molar-refractivity contribution < 1.29 is 14.0 Å². The number of piperazine rings is 2. The molecule has 2 aliphatic heterocycles. The fourth-order valence-corrected chi connectivity index (χ4v) is 5.87. The van der Waals surface area contributed by atoms with Gasteiger partial charge in [-0.15, -0.1) is 0 Å². The van der Waals surface area contributed by atoms with Crippen molar-refractivity contribution in [1.82, 2.24) is 19.8 Å². The van der Waals surface area contributed by atoms with E-state index in [-0.39, 0.29) is 17.6 Å². The van der Waals surface area contributed by atoms with Crippen LogP contribution in [0.3, 0.4) is 0 Å². The maximum Gasteiger partial charge on any atom is 0.253 e. The van der Waals surface area contributed by atoms with Crippen LogP contribution >= 0.6 is 23.4 Å². The maximum absolute atomic E-state index is 14.2. The third-order valence-corrected chi connectivity index (χ3v) is 8.12. The van der Waals surface area contributed by atoms with Crippen molar-refractivity contribution in [2.75, 3.05) is 62.2 Å². The number of amides is 2. The van der Waals surface area contributed by atoms with Crippen molar-refractivity contribution in [3.63, 3.8) is 0 Å². The van der Waals surface area contributed by atoms with Gasteiger partial charge in [-0.1, -0.05) is 47.6 Å². The van der Waals surface area contributed by atoms with Gasteiger partial charge in [0.05, 0.1) is 5.69 Å². The Bertz CT molecular complexity index is 1350. The number of hydrogen-bond acceptors (Lipinski definition) is 7. The van der Waals surface area contributed by atoms with Gasteiger partial charge in [0.1, 0.15) is 16.8 Å². The van der Waals surface area contributed by atoms with Gasteiger partial charge in [0, 0.05) is 76.7 Å². The van der Waals surface area contributed by atoms with Crippen molar-refractivity contribution >= 4 is 46.7 Å². The first-order valence-corrected chi connectivity index (χ1v) is 14.3. The number of aromatic nitrogens is 2. The second-order valence-corrected chi connectivity index (χ2v) is 10.9. The average Bonchev–Trinajstić information content (AvgIpc) is 2.96. The highest BCUT2D eigenvalue weighted by atomic mass is 35.5. The summed E-state index contributed by atoms with van der Waals surface area (Å²) in [6.07, 6.45) is 0. The molecule has 2 saturated heterocycles. The van der Waals surface area contributed by atoms with Crippen molar-refractivity contribution in [3.05, 3.63) is 76.7 Å². The highest BCUT2D eigenvalue weighted by Crippen LogP contribution is 2.27. The molecule has 2 aromatic carbocycles. The van der Waals surface area contributed by atoms with E-state index in [2.05, 4.69) is 9.88 Å². The van der Waals surface area contributed by atoms with Gasteiger partial charge in [0.15, 0.2) is 5.16 Å². The predicted octanol–water partition coefficient (Wildman–Crippen LogP) is 4.19. The van der Waals surface area contributed by atoms with Gasteiger partial charge in [-0.25, -0.2) is 14.4 Å². The lowest BCUT2D eigenvalue weighted by atomic mass is 10.1. The molecule has 11 heteroatoms. The number of para-hydroxylation sites is 1. The molecule has 3 heterocycles. The summed E-state index contributed by atoms with van der Waals surface area (Å²) in [5.74, 6) is 1.13.